The fourth-order valence-corrected chi connectivity index (χ4v) is 2.42. The number of fused-ring (bicyclic) bond motifs is 1. The second-order valence-corrected chi connectivity index (χ2v) is 4.38. The first kappa shape index (κ1) is 10.4. The normalized spacial score (nSPS) is 18.0. The first-order valence-corrected chi connectivity index (χ1v) is 5.69. The van der Waals surface area contributed by atoms with Crippen LogP contribution >= 0.6 is 0 Å². The van der Waals surface area contributed by atoms with Crippen LogP contribution in [0.25, 0.3) is 0 Å². The Labute approximate surface area is 89.7 Å². The molecule has 0 aromatic carbocycles. The van der Waals surface area contributed by atoms with Gasteiger partial charge in [0.05, 0.1) is 0 Å². The predicted molar refractivity (Wildman–Crippen MR) is 60.9 cm³/mol. The lowest BCUT2D eigenvalue weighted by Crippen LogP contribution is -2.23. The van der Waals surface area contributed by atoms with Crippen molar-refractivity contribution < 1.29 is 0 Å². The van der Waals surface area contributed by atoms with Crippen LogP contribution in [0.3, 0.4) is 0 Å². The molecule has 0 spiro atoms. The molecule has 0 aliphatic heterocycles. The zero-order chi connectivity index (χ0) is 10.8. The van der Waals surface area contributed by atoms with Crippen LogP contribution < -0.4 is 11.3 Å². The number of pyridine rings is 1. The van der Waals surface area contributed by atoms with Gasteiger partial charge in [-0.2, -0.15) is 0 Å². The number of aryl methyl sites for hydroxylation is 1. The van der Waals surface area contributed by atoms with Crippen molar-refractivity contribution in [3.8, 4) is 0 Å². The maximum absolute atomic E-state index is 11.7. The van der Waals surface area contributed by atoms with E-state index < -0.39 is 0 Å². The van der Waals surface area contributed by atoms with Gasteiger partial charge in [-0.1, -0.05) is 6.42 Å². The third-order valence-electron chi connectivity index (χ3n) is 3.16. The molecule has 82 valence electrons. The van der Waals surface area contributed by atoms with E-state index in [0.717, 1.165) is 18.4 Å². The summed E-state index contributed by atoms with van der Waals surface area (Å²) in [6, 6.07) is -0.165. The Morgan fingerprint density at radius 1 is 1.33 bits per heavy atom. The van der Waals surface area contributed by atoms with Gasteiger partial charge >= 0.3 is 0 Å². The number of nitrogens with one attached hydrogen (secondary N) is 1. The van der Waals surface area contributed by atoms with Crippen molar-refractivity contribution >= 4 is 0 Å². The molecule has 0 saturated heterocycles. The number of rotatable bonds is 1. The van der Waals surface area contributed by atoms with Gasteiger partial charge in [-0.15, -0.1) is 0 Å². The molecule has 1 heterocycles. The van der Waals surface area contributed by atoms with E-state index in [1.54, 1.807) is 0 Å². The van der Waals surface area contributed by atoms with Crippen molar-refractivity contribution in [2.24, 2.45) is 5.73 Å². The largest absolute Gasteiger partial charge is 0.329 e. The highest BCUT2D eigenvalue weighted by molar-refractivity contribution is 5.34. The van der Waals surface area contributed by atoms with E-state index in [0.29, 0.717) is 0 Å². The average molecular weight is 206 g/mol. The third kappa shape index (κ3) is 1.97. The van der Waals surface area contributed by atoms with E-state index in [1.165, 1.54) is 30.4 Å². The van der Waals surface area contributed by atoms with Gasteiger partial charge in [0.25, 0.3) is 5.56 Å². The molecule has 1 aromatic heterocycles. The van der Waals surface area contributed by atoms with Crippen LogP contribution in [0.15, 0.2) is 11.0 Å². The minimum absolute atomic E-state index is 0.00866. The number of H-pyrrole nitrogens is 1. The number of hydrogen-bond donors (Lipinski definition) is 2. The first-order valence-electron chi connectivity index (χ1n) is 5.69. The Morgan fingerprint density at radius 3 is 2.80 bits per heavy atom. The molecule has 2 rings (SSSR count). The summed E-state index contributed by atoms with van der Waals surface area (Å²) in [5.41, 5.74) is 9.17. The molecule has 1 aliphatic rings. The number of hydrogen-bond acceptors (Lipinski definition) is 2. The van der Waals surface area contributed by atoms with Crippen LogP contribution in [0.2, 0.25) is 0 Å². The number of nitrogens with two attached hydrogens (primary N) is 1. The van der Waals surface area contributed by atoms with Gasteiger partial charge in [-0.25, -0.2) is 0 Å². The Morgan fingerprint density at radius 2 is 2.07 bits per heavy atom. The Balaban J connectivity index is 2.57. The standard InChI is InChI=1S/C12H18N2O/c1-8(13)11-10-6-4-2-3-5-9(10)7-14-12(11)15/h7-8H,2-6,13H2,1H3,(H,14,15). The highest BCUT2D eigenvalue weighted by Gasteiger charge is 2.17. The molecule has 3 nitrogen and oxygen atoms in total. The zero-order valence-corrected chi connectivity index (χ0v) is 9.18. The Hall–Kier alpha value is -1.09. The number of aromatic amines is 1. The topological polar surface area (TPSA) is 58.9 Å². The van der Waals surface area contributed by atoms with Crippen LogP contribution in [-0.2, 0) is 12.8 Å². The van der Waals surface area contributed by atoms with Crippen LogP contribution in [-0.4, -0.2) is 4.98 Å². The minimum Gasteiger partial charge on any atom is -0.329 e. The summed E-state index contributed by atoms with van der Waals surface area (Å²) in [4.78, 5) is 14.5. The Bertz CT molecular complexity index is 407. The summed E-state index contributed by atoms with van der Waals surface area (Å²) in [6.07, 6.45) is 7.60. The third-order valence-corrected chi connectivity index (χ3v) is 3.16. The smallest absolute Gasteiger partial charge is 0.252 e. The molecule has 0 fully saturated rings. The van der Waals surface area contributed by atoms with E-state index in [9.17, 15) is 4.79 Å². The summed E-state index contributed by atoms with van der Waals surface area (Å²) in [7, 11) is 0. The maximum atomic E-state index is 11.7. The Kier molecular flexibility index (Phi) is 2.91. The molecular formula is C12H18N2O. The quantitative estimate of drug-likeness (QED) is 0.686. The molecule has 0 saturated carbocycles. The van der Waals surface area contributed by atoms with E-state index in [-0.39, 0.29) is 11.6 Å². The maximum Gasteiger partial charge on any atom is 0.252 e. The fourth-order valence-electron chi connectivity index (χ4n) is 2.42. The van der Waals surface area contributed by atoms with Crippen LogP contribution in [0, 0.1) is 0 Å². The van der Waals surface area contributed by atoms with Crippen molar-refractivity contribution in [1.29, 1.82) is 0 Å². The summed E-state index contributed by atoms with van der Waals surface area (Å²) in [5, 5.41) is 0. The molecule has 1 atom stereocenters. The lowest BCUT2D eigenvalue weighted by molar-refractivity contribution is 0.706. The summed E-state index contributed by atoms with van der Waals surface area (Å²) >= 11 is 0. The second-order valence-electron chi connectivity index (χ2n) is 4.38. The summed E-state index contributed by atoms with van der Waals surface area (Å²) < 4.78 is 0. The van der Waals surface area contributed by atoms with E-state index in [1.807, 2.05) is 13.1 Å². The molecular weight excluding hydrogens is 188 g/mol. The van der Waals surface area contributed by atoms with Crippen molar-refractivity contribution in [2.45, 2.75) is 45.1 Å². The molecule has 0 amide bonds. The molecule has 0 radical (unpaired) electrons. The molecule has 1 aliphatic carbocycles. The SMILES string of the molecule is CC(N)c1c2c(c[nH]c1=O)CCCCC2. The van der Waals surface area contributed by atoms with Crippen molar-refractivity contribution in [3.63, 3.8) is 0 Å². The number of aromatic nitrogens is 1. The van der Waals surface area contributed by atoms with Crippen LogP contribution in [0.5, 0.6) is 0 Å². The molecule has 0 bridgehead atoms. The van der Waals surface area contributed by atoms with E-state index in [4.69, 9.17) is 5.73 Å². The van der Waals surface area contributed by atoms with Gasteiger partial charge in [0.1, 0.15) is 0 Å². The predicted octanol–water partition coefficient (Wildman–Crippen LogP) is 1.66. The molecule has 3 heteroatoms. The highest BCUT2D eigenvalue weighted by atomic mass is 16.1. The molecule has 3 N–H and O–H groups in total. The van der Waals surface area contributed by atoms with Gasteiger partial charge in [0, 0.05) is 17.8 Å². The van der Waals surface area contributed by atoms with Gasteiger partial charge in [-0.05, 0) is 43.7 Å². The summed E-state index contributed by atoms with van der Waals surface area (Å²) in [6.45, 7) is 1.88. The van der Waals surface area contributed by atoms with Gasteiger partial charge < -0.3 is 10.7 Å². The van der Waals surface area contributed by atoms with Crippen LogP contribution in [0.4, 0.5) is 0 Å². The molecule has 1 unspecified atom stereocenters. The second kappa shape index (κ2) is 4.19. The zero-order valence-electron chi connectivity index (χ0n) is 9.18. The monoisotopic (exact) mass is 206 g/mol. The minimum atomic E-state index is -0.165. The lowest BCUT2D eigenvalue weighted by Gasteiger charge is -2.13. The lowest BCUT2D eigenvalue weighted by atomic mass is 9.96. The van der Waals surface area contributed by atoms with Crippen molar-refractivity contribution in [3.05, 3.63) is 33.2 Å². The van der Waals surface area contributed by atoms with Gasteiger partial charge in [-0.3, -0.25) is 4.79 Å². The van der Waals surface area contributed by atoms with Crippen molar-refractivity contribution in [1.82, 2.24) is 4.98 Å². The van der Waals surface area contributed by atoms with E-state index >= 15 is 0 Å². The van der Waals surface area contributed by atoms with E-state index in [2.05, 4.69) is 4.98 Å². The summed E-state index contributed by atoms with van der Waals surface area (Å²) in [5.74, 6) is 0. The molecule has 1 aromatic rings. The van der Waals surface area contributed by atoms with Gasteiger partial charge in [0.2, 0.25) is 0 Å². The van der Waals surface area contributed by atoms with Crippen molar-refractivity contribution in [2.75, 3.05) is 0 Å². The van der Waals surface area contributed by atoms with Crippen LogP contribution in [0.1, 0.15) is 48.9 Å². The molecule has 15 heavy (non-hydrogen) atoms. The van der Waals surface area contributed by atoms with Gasteiger partial charge in [0.15, 0.2) is 0 Å². The fraction of sp³-hybridized carbons (Fsp3) is 0.583. The average Bonchev–Trinajstić information content (AvgIpc) is 2.41. The highest BCUT2D eigenvalue weighted by Crippen LogP contribution is 2.23. The first-order chi connectivity index (χ1) is 7.20.